The molecule has 0 saturated heterocycles. The van der Waals surface area contributed by atoms with Crippen molar-refractivity contribution in [1.29, 1.82) is 0 Å². The number of H-pyrrole nitrogens is 1. The molecule has 0 unspecified atom stereocenters. The van der Waals surface area contributed by atoms with E-state index >= 15 is 0 Å². The van der Waals surface area contributed by atoms with Crippen LogP contribution < -0.4 is 10.5 Å². The normalized spacial score (nSPS) is 10.6. The van der Waals surface area contributed by atoms with Crippen LogP contribution in [-0.2, 0) is 6.61 Å². The summed E-state index contributed by atoms with van der Waals surface area (Å²) in [6, 6.07) is 13.7. The fraction of sp³-hybridized carbons (Fsp3) is 0.176. The van der Waals surface area contributed by atoms with E-state index < -0.39 is 5.76 Å². The summed E-state index contributed by atoms with van der Waals surface area (Å²) in [6.45, 7) is 4.62. The van der Waals surface area contributed by atoms with Gasteiger partial charge in [-0.2, -0.15) is 0 Å². The Morgan fingerprint density at radius 2 is 1.86 bits per heavy atom. The molecule has 0 atom stereocenters. The van der Waals surface area contributed by atoms with Crippen molar-refractivity contribution in [3.8, 4) is 17.1 Å². The summed E-state index contributed by atoms with van der Waals surface area (Å²) in [4.78, 5) is 13.5. The topological polar surface area (TPSA) is 68.1 Å². The maximum absolute atomic E-state index is 10.9. The zero-order chi connectivity index (χ0) is 15.5. The predicted octanol–water partition coefficient (Wildman–Crippen LogP) is 3.23. The zero-order valence-electron chi connectivity index (χ0n) is 12.4. The van der Waals surface area contributed by atoms with E-state index in [1.165, 1.54) is 11.1 Å². The molecule has 5 nitrogen and oxygen atoms in total. The van der Waals surface area contributed by atoms with Crippen molar-refractivity contribution in [3.05, 3.63) is 69.7 Å². The highest BCUT2D eigenvalue weighted by Gasteiger charge is 2.04. The molecule has 22 heavy (non-hydrogen) atoms. The summed E-state index contributed by atoms with van der Waals surface area (Å²) in [6.07, 6.45) is 0. The molecule has 5 heteroatoms. The van der Waals surface area contributed by atoms with E-state index in [2.05, 4.69) is 34.6 Å². The third-order valence-electron chi connectivity index (χ3n) is 3.55. The van der Waals surface area contributed by atoms with Crippen LogP contribution in [0, 0.1) is 13.8 Å². The van der Waals surface area contributed by atoms with E-state index in [0.29, 0.717) is 12.4 Å². The summed E-state index contributed by atoms with van der Waals surface area (Å²) in [5.74, 6) is 0.719. The molecule has 112 valence electrons. The first-order valence-electron chi connectivity index (χ1n) is 6.97. The first-order valence-corrected chi connectivity index (χ1v) is 6.97. The molecule has 0 bridgehead atoms. The summed E-state index contributed by atoms with van der Waals surface area (Å²) in [5.41, 5.74) is 4.29. The van der Waals surface area contributed by atoms with Gasteiger partial charge in [0.1, 0.15) is 12.4 Å². The molecule has 1 aromatic heterocycles. The Balaban J connectivity index is 1.68. The molecule has 0 aliphatic rings. The van der Waals surface area contributed by atoms with Crippen LogP contribution in [0.3, 0.4) is 0 Å². The number of nitrogens with one attached hydrogen (secondary N) is 1. The van der Waals surface area contributed by atoms with Gasteiger partial charge in [-0.1, -0.05) is 35.5 Å². The maximum atomic E-state index is 10.9. The Morgan fingerprint density at radius 1 is 1.09 bits per heavy atom. The number of hydrogen-bond donors (Lipinski definition) is 1. The largest absolute Gasteiger partial charge is 0.489 e. The highest BCUT2D eigenvalue weighted by Crippen LogP contribution is 2.19. The van der Waals surface area contributed by atoms with Crippen LogP contribution in [0.4, 0.5) is 0 Å². The Morgan fingerprint density at radius 3 is 2.50 bits per heavy atom. The van der Waals surface area contributed by atoms with Crippen LogP contribution in [0.25, 0.3) is 11.4 Å². The maximum Gasteiger partial charge on any atom is 0.439 e. The molecule has 2 aromatic carbocycles. The van der Waals surface area contributed by atoms with Crippen LogP contribution >= 0.6 is 0 Å². The zero-order valence-corrected chi connectivity index (χ0v) is 12.4. The number of hydrogen-bond acceptors (Lipinski definition) is 4. The Bertz CT molecular complexity index is 832. The Kier molecular flexibility index (Phi) is 3.78. The number of benzene rings is 2. The van der Waals surface area contributed by atoms with Crippen LogP contribution in [0.15, 0.2) is 51.8 Å². The lowest BCUT2D eigenvalue weighted by Gasteiger charge is -2.08. The monoisotopic (exact) mass is 296 g/mol. The van der Waals surface area contributed by atoms with E-state index in [4.69, 9.17) is 4.74 Å². The van der Waals surface area contributed by atoms with Crippen molar-refractivity contribution in [1.82, 2.24) is 10.1 Å². The second kappa shape index (κ2) is 5.89. The van der Waals surface area contributed by atoms with Crippen molar-refractivity contribution in [2.45, 2.75) is 20.5 Å². The molecule has 3 rings (SSSR count). The molecule has 0 aliphatic heterocycles. The molecule has 0 amide bonds. The molecular formula is C17H16N2O3. The van der Waals surface area contributed by atoms with Crippen molar-refractivity contribution < 1.29 is 9.26 Å². The van der Waals surface area contributed by atoms with Gasteiger partial charge >= 0.3 is 5.76 Å². The molecule has 0 aliphatic carbocycles. The minimum absolute atomic E-state index is 0.423. The lowest BCUT2D eigenvalue weighted by atomic mass is 10.1. The predicted molar refractivity (Wildman–Crippen MR) is 82.8 cm³/mol. The van der Waals surface area contributed by atoms with Crippen LogP contribution in [0.2, 0.25) is 0 Å². The van der Waals surface area contributed by atoms with Gasteiger partial charge in [0.05, 0.1) is 0 Å². The van der Waals surface area contributed by atoms with E-state index in [-0.39, 0.29) is 0 Å². The van der Waals surface area contributed by atoms with Gasteiger partial charge in [-0.25, -0.2) is 4.79 Å². The summed E-state index contributed by atoms with van der Waals surface area (Å²) in [7, 11) is 0. The van der Waals surface area contributed by atoms with Gasteiger partial charge in [0.15, 0.2) is 5.82 Å². The smallest absolute Gasteiger partial charge is 0.439 e. The number of ether oxygens (including phenoxy) is 1. The van der Waals surface area contributed by atoms with Gasteiger partial charge in [0.25, 0.3) is 0 Å². The molecular weight excluding hydrogens is 280 g/mol. The van der Waals surface area contributed by atoms with E-state index in [1.54, 1.807) is 0 Å². The number of rotatable bonds is 4. The standard InChI is InChI=1S/C17H16N2O3/c1-11-3-8-15(9-12(11)2)21-10-13-4-6-14(7-5-13)16-18-17(20)22-19-16/h3-9H,10H2,1-2H3,(H,18,19,20). The second-order valence-electron chi connectivity index (χ2n) is 5.18. The number of aromatic nitrogens is 2. The van der Waals surface area contributed by atoms with Crippen LogP contribution in [-0.4, -0.2) is 10.1 Å². The minimum Gasteiger partial charge on any atom is -0.489 e. The van der Waals surface area contributed by atoms with Crippen molar-refractivity contribution in [2.24, 2.45) is 0 Å². The fourth-order valence-corrected chi connectivity index (χ4v) is 2.08. The molecule has 0 spiro atoms. The lowest BCUT2D eigenvalue weighted by Crippen LogP contribution is -1.97. The third kappa shape index (κ3) is 3.09. The van der Waals surface area contributed by atoms with Gasteiger partial charge < -0.3 is 4.74 Å². The first kappa shape index (κ1) is 14.1. The Labute approximate surface area is 127 Å². The summed E-state index contributed by atoms with van der Waals surface area (Å²) >= 11 is 0. The quantitative estimate of drug-likeness (QED) is 0.802. The van der Waals surface area contributed by atoms with Gasteiger partial charge in [-0.3, -0.25) is 9.51 Å². The average Bonchev–Trinajstić information content (AvgIpc) is 2.95. The molecule has 1 N–H and O–H groups in total. The SMILES string of the molecule is Cc1ccc(OCc2ccc(-c3noc(=O)[nH]3)cc2)cc1C. The van der Waals surface area contributed by atoms with E-state index in [1.807, 2.05) is 36.4 Å². The fourth-order valence-electron chi connectivity index (χ4n) is 2.08. The van der Waals surface area contributed by atoms with Crippen molar-refractivity contribution in [2.75, 3.05) is 0 Å². The highest BCUT2D eigenvalue weighted by molar-refractivity contribution is 5.54. The number of aromatic amines is 1. The molecule has 0 fully saturated rings. The highest BCUT2D eigenvalue weighted by atomic mass is 16.5. The van der Waals surface area contributed by atoms with Crippen LogP contribution in [0.5, 0.6) is 5.75 Å². The minimum atomic E-state index is -0.558. The Hall–Kier alpha value is -2.82. The summed E-state index contributed by atoms with van der Waals surface area (Å²) in [5, 5.41) is 3.65. The molecule has 1 heterocycles. The third-order valence-corrected chi connectivity index (χ3v) is 3.55. The van der Waals surface area contributed by atoms with Gasteiger partial charge in [-0.05, 0) is 42.7 Å². The van der Waals surface area contributed by atoms with Crippen LogP contribution in [0.1, 0.15) is 16.7 Å². The molecule has 0 radical (unpaired) electrons. The number of nitrogens with zero attached hydrogens (tertiary/aromatic N) is 1. The second-order valence-corrected chi connectivity index (χ2v) is 5.18. The van der Waals surface area contributed by atoms with Crippen molar-refractivity contribution >= 4 is 0 Å². The number of aryl methyl sites for hydroxylation is 2. The van der Waals surface area contributed by atoms with Gasteiger partial charge in [0, 0.05) is 5.56 Å². The van der Waals surface area contributed by atoms with E-state index in [0.717, 1.165) is 16.9 Å². The average molecular weight is 296 g/mol. The molecule has 3 aromatic rings. The molecule has 0 saturated carbocycles. The first-order chi connectivity index (χ1) is 10.6. The summed E-state index contributed by atoms with van der Waals surface area (Å²) < 4.78 is 10.3. The van der Waals surface area contributed by atoms with Gasteiger partial charge in [-0.15, -0.1) is 0 Å². The van der Waals surface area contributed by atoms with E-state index in [9.17, 15) is 4.79 Å². The van der Waals surface area contributed by atoms with Gasteiger partial charge in [0.2, 0.25) is 0 Å². The lowest BCUT2D eigenvalue weighted by molar-refractivity contribution is 0.306. The van der Waals surface area contributed by atoms with Crippen molar-refractivity contribution in [3.63, 3.8) is 0 Å².